The number of rotatable bonds is 4. The van der Waals surface area contributed by atoms with E-state index in [1.165, 1.54) is 6.92 Å². The Labute approximate surface area is 93.5 Å². The number of amides is 1. The molecule has 6 heteroatoms. The standard InChI is InChI=1S/C10H18F2N2O2/c1-6(9(11)12)14-7-2-4-8(5-3-7)16-10(13)15/h6-9,14H,2-5H2,1H3,(H2,13,15)/t6?,7-,8-. The molecule has 0 heterocycles. The van der Waals surface area contributed by atoms with Gasteiger partial charge in [-0.3, -0.25) is 0 Å². The van der Waals surface area contributed by atoms with Crippen LogP contribution in [-0.2, 0) is 4.74 Å². The molecule has 16 heavy (non-hydrogen) atoms. The summed E-state index contributed by atoms with van der Waals surface area (Å²) in [6.45, 7) is 1.47. The van der Waals surface area contributed by atoms with Gasteiger partial charge in [0.25, 0.3) is 6.43 Å². The van der Waals surface area contributed by atoms with Crippen LogP contribution in [0.5, 0.6) is 0 Å². The number of halogens is 2. The molecule has 1 amide bonds. The van der Waals surface area contributed by atoms with E-state index in [4.69, 9.17) is 10.5 Å². The van der Waals surface area contributed by atoms with E-state index in [2.05, 4.69) is 5.32 Å². The monoisotopic (exact) mass is 236 g/mol. The summed E-state index contributed by atoms with van der Waals surface area (Å²) in [4.78, 5) is 10.5. The summed E-state index contributed by atoms with van der Waals surface area (Å²) in [7, 11) is 0. The molecule has 4 nitrogen and oxygen atoms in total. The lowest BCUT2D eigenvalue weighted by molar-refractivity contribution is 0.0638. The minimum absolute atomic E-state index is 0.0803. The third kappa shape index (κ3) is 4.30. The SMILES string of the molecule is CC(N[C@H]1CC[C@H](OC(N)=O)CC1)C(F)F. The van der Waals surface area contributed by atoms with Crippen LogP contribution in [0.15, 0.2) is 0 Å². The van der Waals surface area contributed by atoms with Crippen LogP contribution in [0.25, 0.3) is 0 Å². The predicted molar refractivity (Wildman–Crippen MR) is 55.3 cm³/mol. The Morgan fingerprint density at radius 2 is 1.94 bits per heavy atom. The molecule has 0 aromatic rings. The second kappa shape index (κ2) is 5.98. The van der Waals surface area contributed by atoms with E-state index >= 15 is 0 Å². The average Bonchev–Trinajstić information content (AvgIpc) is 2.20. The fourth-order valence-electron chi connectivity index (χ4n) is 1.96. The van der Waals surface area contributed by atoms with Gasteiger partial charge >= 0.3 is 6.09 Å². The van der Waals surface area contributed by atoms with Gasteiger partial charge in [0.1, 0.15) is 6.10 Å². The first-order chi connectivity index (χ1) is 7.49. The lowest BCUT2D eigenvalue weighted by atomic mass is 9.92. The van der Waals surface area contributed by atoms with Crippen molar-refractivity contribution < 1.29 is 18.3 Å². The molecule has 1 aliphatic carbocycles. The van der Waals surface area contributed by atoms with Crippen molar-refractivity contribution in [2.75, 3.05) is 0 Å². The topological polar surface area (TPSA) is 64.3 Å². The lowest BCUT2D eigenvalue weighted by Gasteiger charge is -2.30. The smallest absolute Gasteiger partial charge is 0.404 e. The highest BCUT2D eigenvalue weighted by atomic mass is 19.3. The quantitative estimate of drug-likeness (QED) is 0.779. The van der Waals surface area contributed by atoms with Crippen molar-refractivity contribution in [2.45, 2.75) is 57.2 Å². The van der Waals surface area contributed by atoms with E-state index in [9.17, 15) is 13.6 Å². The molecule has 1 atom stereocenters. The average molecular weight is 236 g/mol. The molecule has 0 aromatic heterocycles. The molecule has 0 radical (unpaired) electrons. The van der Waals surface area contributed by atoms with Gasteiger partial charge in [0, 0.05) is 6.04 Å². The van der Waals surface area contributed by atoms with E-state index < -0.39 is 18.6 Å². The maximum atomic E-state index is 12.3. The maximum Gasteiger partial charge on any atom is 0.404 e. The predicted octanol–water partition coefficient (Wildman–Crippen LogP) is 1.64. The van der Waals surface area contributed by atoms with Crippen LogP contribution < -0.4 is 11.1 Å². The van der Waals surface area contributed by atoms with Crippen LogP contribution in [0.2, 0.25) is 0 Å². The van der Waals surface area contributed by atoms with Crippen LogP contribution in [0.1, 0.15) is 32.6 Å². The number of alkyl halides is 2. The summed E-state index contributed by atoms with van der Waals surface area (Å²) in [6, 6.07) is -0.713. The van der Waals surface area contributed by atoms with E-state index in [1.807, 2.05) is 0 Å². The van der Waals surface area contributed by atoms with Crippen LogP contribution in [0.3, 0.4) is 0 Å². The number of nitrogens with one attached hydrogen (secondary N) is 1. The van der Waals surface area contributed by atoms with Crippen molar-refractivity contribution in [1.29, 1.82) is 0 Å². The molecule has 0 spiro atoms. The summed E-state index contributed by atoms with van der Waals surface area (Å²) < 4.78 is 29.4. The highest BCUT2D eigenvalue weighted by Gasteiger charge is 2.26. The fourth-order valence-corrected chi connectivity index (χ4v) is 1.96. The molecular formula is C10H18F2N2O2. The molecule has 0 aromatic carbocycles. The van der Waals surface area contributed by atoms with Crippen molar-refractivity contribution >= 4 is 6.09 Å². The lowest BCUT2D eigenvalue weighted by Crippen LogP contribution is -2.43. The normalized spacial score (nSPS) is 27.8. The molecule has 1 aliphatic rings. The summed E-state index contributed by atoms with van der Waals surface area (Å²) in [5.41, 5.74) is 4.90. The van der Waals surface area contributed by atoms with Crippen LogP contribution in [0, 0.1) is 0 Å². The Morgan fingerprint density at radius 3 is 2.38 bits per heavy atom. The minimum atomic E-state index is -2.35. The Balaban J connectivity index is 2.24. The van der Waals surface area contributed by atoms with Gasteiger partial charge in [-0.2, -0.15) is 0 Å². The number of hydrogen-bond acceptors (Lipinski definition) is 3. The largest absolute Gasteiger partial charge is 0.446 e. The third-order valence-corrected chi connectivity index (χ3v) is 2.83. The molecule has 1 unspecified atom stereocenters. The van der Waals surface area contributed by atoms with Gasteiger partial charge in [-0.15, -0.1) is 0 Å². The number of carbonyl (C=O) groups excluding carboxylic acids is 1. The molecule has 1 fully saturated rings. The van der Waals surface area contributed by atoms with Gasteiger partial charge in [0.05, 0.1) is 6.04 Å². The van der Waals surface area contributed by atoms with Crippen LogP contribution >= 0.6 is 0 Å². The summed E-state index contributed by atoms with van der Waals surface area (Å²) in [5.74, 6) is 0. The summed E-state index contributed by atoms with van der Waals surface area (Å²) >= 11 is 0. The molecule has 1 saturated carbocycles. The van der Waals surface area contributed by atoms with E-state index in [0.29, 0.717) is 12.8 Å². The van der Waals surface area contributed by atoms with Crippen molar-refractivity contribution in [3.8, 4) is 0 Å². The molecule has 3 N–H and O–H groups in total. The molecule has 1 rings (SSSR count). The number of nitrogens with two attached hydrogens (primary N) is 1. The highest BCUT2D eigenvalue weighted by molar-refractivity contribution is 5.64. The summed E-state index contributed by atoms with van der Waals surface area (Å²) in [5, 5.41) is 2.87. The van der Waals surface area contributed by atoms with Gasteiger partial charge in [-0.1, -0.05) is 0 Å². The van der Waals surface area contributed by atoms with E-state index in [-0.39, 0.29) is 12.1 Å². The van der Waals surface area contributed by atoms with Crippen molar-refractivity contribution in [1.82, 2.24) is 5.32 Å². The van der Waals surface area contributed by atoms with Crippen molar-refractivity contribution in [2.24, 2.45) is 5.73 Å². The zero-order chi connectivity index (χ0) is 12.1. The van der Waals surface area contributed by atoms with E-state index in [1.54, 1.807) is 0 Å². The third-order valence-electron chi connectivity index (χ3n) is 2.83. The Bertz CT molecular complexity index is 231. The Morgan fingerprint density at radius 1 is 1.38 bits per heavy atom. The minimum Gasteiger partial charge on any atom is -0.446 e. The molecule has 0 aliphatic heterocycles. The second-order valence-corrected chi connectivity index (χ2v) is 4.20. The first-order valence-electron chi connectivity index (χ1n) is 5.49. The molecule has 0 bridgehead atoms. The number of carbonyl (C=O) groups is 1. The Hall–Kier alpha value is -0.910. The number of primary amides is 1. The van der Waals surface area contributed by atoms with Gasteiger partial charge in [0.15, 0.2) is 0 Å². The Kier molecular flexibility index (Phi) is 4.92. The van der Waals surface area contributed by atoms with Crippen LogP contribution in [0.4, 0.5) is 13.6 Å². The molecule has 94 valence electrons. The maximum absolute atomic E-state index is 12.3. The zero-order valence-electron chi connectivity index (χ0n) is 9.29. The van der Waals surface area contributed by atoms with Crippen molar-refractivity contribution in [3.05, 3.63) is 0 Å². The van der Waals surface area contributed by atoms with Gasteiger partial charge in [-0.25, -0.2) is 13.6 Å². The number of hydrogen-bond donors (Lipinski definition) is 2. The summed E-state index contributed by atoms with van der Waals surface area (Å²) in [6.07, 6.45) is -0.453. The zero-order valence-corrected chi connectivity index (χ0v) is 9.29. The highest BCUT2D eigenvalue weighted by Crippen LogP contribution is 2.22. The number of ether oxygens (including phenoxy) is 1. The van der Waals surface area contributed by atoms with Crippen molar-refractivity contribution in [3.63, 3.8) is 0 Å². The van der Waals surface area contributed by atoms with Crippen LogP contribution in [-0.4, -0.2) is 30.7 Å². The first-order valence-corrected chi connectivity index (χ1v) is 5.49. The fraction of sp³-hybridized carbons (Fsp3) is 0.900. The first kappa shape index (κ1) is 13.2. The van der Waals surface area contributed by atoms with Gasteiger partial charge in [0.2, 0.25) is 0 Å². The molecule has 0 saturated heterocycles. The second-order valence-electron chi connectivity index (χ2n) is 4.20. The van der Waals surface area contributed by atoms with Gasteiger partial charge in [-0.05, 0) is 32.6 Å². The molecular weight excluding hydrogens is 218 g/mol. The van der Waals surface area contributed by atoms with Gasteiger partial charge < -0.3 is 15.8 Å². The van der Waals surface area contributed by atoms with E-state index in [0.717, 1.165) is 12.8 Å².